The van der Waals surface area contributed by atoms with Gasteiger partial charge in [0.1, 0.15) is 12.2 Å². The van der Waals surface area contributed by atoms with Gasteiger partial charge in [0.25, 0.3) is 0 Å². The Hall–Kier alpha value is -0.506. The Kier molecular flexibility index (Phi) is 31.1. The van der Waals surface area contributed by atoms with Gasteiger partial charge in [-0.15, -0.1) is 0 Å². The first kappa shape index (κ1) is 29.3. The van der Waals surface area contributed by atoms with Crippen LogP contribution in [0.5, 0.6) is 0 Å². The van der Waals surface area contributed by atoms with Gasteiger partial charge in [0, 0.05) is 0 Å². The normalized spacial score (nSPS) is 10.9. The average Bonchev–Trinajstić information content (AvgIpc) is 1.88. The summed E-state index contributed by atoms with van der Waals surface area (Å²) in [4.78, 5) is 18.9. The Morgan fingerprint density at radius 3 is 0.933 bits per heavy atom. The fourth-order valence-electron chi connectivity index (χ4n) is 0. The minimum Gasteiger partial charge on any atom is -0.479 e. The summed E-state index contributed by atoms with van der Waals surface area (Å²) in [5, 5.41) is 31.5. The molecule has 9 heteroatoms. The average molecular weight is 264 g/mol. The van der Waals surface area contributed by atoms with E-state index in [4.69, 9.17) is 20.4 Å². The smallest absolute Gasteiger partial charge is 0.479 e. The summed E-state index contributed by atoms with van der Waals surface area (Å²) in [7, 11) is 0. The number of aliphatic hydroxyl groups excluding tert-OH is 2. The van der Waals surface area contributed by atoms with E-state index in [0.717, 1.165) is 0 Å². The Morgan fingerprint density at radius 2 is 0.933 bits per heavy atom. The van der Waals surface area contributed by atoms with Gasteiger partial charge in [0.15, 0.2) is 0 Å². The maximum atomic E-state index is 9.45. The quantitative estimate of drug-likeness (QED) is 0.369. The number of quaternary nitrogens is 2. The van der Waals surface area contributed by atoms with Crippen molar-refractivity contribution in [3.63, 3.8) is 0 Å². The number of carboxylic acid groups (broad SMARTS) is 2. The van der Waals surface area contributed by atoms with Crippen molar-refractivity contribution in [3.8, 4) is 0 Å². The number of carbonyl (C=O) groups is 2. The molecule has 0 amide bonds. The first-order chi connectivity index (χ1) is 5.29. The molecule has 0 saturated carbocycles. The third-order valence-electron chi connectivity index (χ3n) is 0.715. The first-order valence-corrected chi connectivity index (χ1v) is 3.10. The number of rotatable bonds is 2. The van der Waals surface area contributed by atoms with Crippen LogP contribution in [0.3, 0.4) is 0 Å². The summed E-state index contributed by atoms with van der Waals surface area (Å²) in [6.07, 6.45) is -2.46. The van der Waals surface area contributed by atoms with Gasteiger partial charge in [-0.1, -0.05) is 0 Å². The molecule has 0 fully saturated rings. The summed E-state index contributed by atoms with van der Waals surface area (Å²) < 4.78 is 0. The van der Waals surface area contributed by atoms with E-state index in [2.05, 4.69) is 0 Å². The molecule has 0 bridgehead atoms. The number of hydrogen-bond acceptors (Lipinski definition) is 4. The molecule has 0 aromatic rings. The van der Waals surface area contributed by atoms with Gasteiger partial charge >= 0.3 is 33.7 Å². The van der Waals surface area contributed by atoms with Crippen LogP contribution >= 0.6 is 0 Å². The van der Waals surface area contributed by atoms with Gasteiger partial charge in [0.05, 0.1) is 0 Å². The van der Waals surface area contributed by atoms with E-state index in [9.17, 15) is 9.59 Å². The van der Waals surface area contributed by atoms with Gasteiger partial charge in [-0.2, -0.15) is 0 Å². The Morgan fingerprint density at radius 1 is 0.867 bits per heavy atom. The number of aliphatic hydroxyl groups is 2. The van der Waals surface area contributed by atoms with E-state index in [0.29, 0.717) is 0 Å². The molecule has 15 heavy (non-hydrogen) atoms. The summed E-state index contributed by atoms with van der Waals surface area (Å²) in [6.45, 7) is 2.39. The minimum atomic E-state index is -1.23. The summed E-state index contributed by atoms with van der Waals surface area (Å²) >= 11 is 0. The Labute approximate surface area is 102 Å². The van der Waals surface area contributed by atoms with Crippen LogP contribution in [0.25, 0.3) is 0 Å². The van der Waals surface area contributed by atoms with Crippen molar-refractivity contribution in [2.75, 3.05) is 0 Å². The molecule has 0 radical (unpaired) electrons. The molecular formula is C6H20N2O6Ti+6. The molecule has 0 heterocycles. The molecule has 0 aliphatic carbocycles. The standard InChI is InChI=1S/2C3H6O3.2H3N.Ti/c2*1-2(4)3(5)6;;;/h2*2,4H,1H3,(H,5,6);2*1H3;/q;;;;+4/p+2. The third-order valence-corrected chi connectivity index (χ3v) is 0.715. The molecule has 8 nitrogen and oxygen atoms in total. The SMILES string of the molecule is CC(O)C(=O)O.CC(O)C(=O)O.[NH4+].[NH4+].[Ti+4]. The third kappa shape index (κ3) is 31.7. The zero-order chi connectivity index (χ0) is 10.3. The van der Waals surface area contributed by atoms with Crippen LogP contribution in [-0.2, 0) is 31.3 Å². The molecule has 0 rings (SSSR count). The van der Waals surface area contributed by atoms with E-state index in [1.807, 2.05) is 0 Å². The molecule has 12 N–H and O–H groups in total. The largest absolute Gasteiger partial charge is 4.00 e. The second-order valence-corrected chi connectivity index (χ2v) is 2.03. The van der Waals surface area contributed by atoms with Gasteiger partial charge < -0.3 is 32.7 Å². The van der Waals surface area contributed by atoms with Crippen molar-refractivity contribution in [3.05, 3.63) is 0 Å². The predicted octanol–water partition coefficient (Wildman–Crippen LogP) is -0.346. The second kappa shape index (κ2) is 15.9. The molecule has 88 valence electrons. The molecule has 0 aliphatic heterocycles. The van der Waals surface area contributed by atoms with Crippen molar-refractivity contribution in [2.24, 2.45) is 0 Å². The fraction of sp³-hybridized carbons (Fsp3) is 0.667. The molecule has 0 aromatic heterocycles. The van der Waals surface area contributed by atoms with Crippen LogP contribution in [0.1, 0.15) is 13.8 Å². The van der Waals surface area contributed by atoms with Crippen LogP contribution in [-0.4, -0.2) is 44.6 Å². The van der Waals surface area contributed by atoms with E-state index in [-0.39, 0.29) is 34.0 Å². The van der Waals surface area contributed by atoms with E-state index in [1.165, 1.54) is 13.8 Å². The second-order valence-electron chi connectivity index (χ2n) is 2.03. The van der Waals surface area contributed by atoms with Gasteiger partial charge in [-0.25, -0.2) is 9.59 Å². The molecule has 2 unspecified atom stereocenters. The first-order valence-electron chi connectivity index (χ1n) is 3.10. The van der Waals surface area contributed by atoms with E-state index in [1.54, 1.807) is 0 Å². The van der Waals surface area contributed by atoms with Crippen molar-refractivity contribution in [1.82, 2.24) is 12.3 Å². The maximum Gasteiger partial charge on any atom is 4.00 e. The van der Waals surface area contributed by atoms with E-state index >= 15 is 0 Å². The van der Waals surface area contributed by atoms with Crippen LogP contribution < -0.4 is 12.3 Å². The number of hydrogen-bond donors (Lipinski definition) is 6. The van der Waals surface area contributed by atoms with Gasteiger partial charge in [-0.05, 0) is 13.8 Å². The summed E-state index contributed by atoms with van der Waals surface area (Å²) in [6, 6.07) is 0. The van der Waals surface area contributed by atoms with Gasteiger partial charge in [-0.3, -0.25) is 0 Å². The molecule has 2 atom stereocenters. The Bertz CT molecular complexity index is 146. The van der Waals surface area contributed by atoms with Crippen LogP contribution in [0.15, 0.2) is 0 Å². The van der Waals surface area contributed by atoms with E-state index < -0.39 is 24.1 Å². The molecule has 0 saturated heterocycles. The van der Waals surface area contributed by atoms with Gasteiger partial charge in [0.2, 0.25) is 0 Å². The van der Waals surface area contributed by atoms with Crippen molar-refractivity contribution in [1.29, 1.82) is 0 Å². The van der Waals surface area contributed by atoms with Crippen molar-refractivity contribution < 1.29 is 51.7 Å². The number of aliphatic carboxylic acids is 2. The molecule has 0 aromatic carbocycles. The van der Waals surface area contributed by atoms with Crippen molar-refractivity contribution in [2.45, 2.75) is 26.1 Å². The topological polar surface area (TPSA) is 188 Å². The van der Waals surface area contributed by atoms with Crippen LogP contribution in [0, 0.1) is 0 Å². The minimum absolute atomic E-state index is 0. The van der Waals surface area contributed by atoms with Crippen molar-refractivity contribution >= 4 is 11.9 Å². The van der Waals surface area contributed by atoms with Crippen LogP contribution in [0.4, 0.5) is 0 Å². The monoisotopic (exact) mass is 264 g/mol. The number of carboxylic acids is 2. The predicted molar refractivity (Wildman–Crippen MR) is 50.6 cm³/mol. The van der Waals surface area contributed by atoms with Crippen LogP contribution in [0.2, 0.25) is 0 Å². The summed E-state index contributed by atoms with van der Waals surface area (Å²) in [5.41, 5.74) is 0. The summed E-state index contributed by atoms with van der Waals surface area (Å²) in [5.74, 6) is -2.37. The molecular weight excluding hydrogens is 244 g/mol. The fourth-order valence-corrected chi connectivity index (χ4v) is 0. The maximum absolute atomic E-state index is 9.45. The molecule has 0 spiro atoms. The molecule has 0 aliphatic rings. The zero-order valence-electron chi connectivity index (χ0n) is 9.26. The Balaban J connectivity index is -0.0000000370. The zero-order valence-corrected chi connectivity index (χ0v) is 10.8.